The number of fused-ring (bicyclic) bond motifs is 9. The molecular formula is C46H34N2O. The van der Waals surface area contributed by atoms with E-state index in [9.17, 15) is 0 Å². The van der Waals surface area contributed by atoms with Gasteiger partial charge in [-0.15, -0.1) is 0 Å². The topological polar surface area (TPSA) is 20.8 Å². The number of para-hydroxylation sites is 3. The Balaban J connectivity index is 1.37. The molecule has 234 valence electrons. The summed E-state index contributed by atoms with van der Waals surface area (Å²) < 4.78 is 9.31. The maximum absolute atomic E-state index is 6.87. The van der Waals surface area contributed by atoms with Gasteiger partial charge in [0.05, 0.1) is 22.2 Å². The Hall–Kier alpha value is -6.06. The molecule has 0 radical (unpaired) electrons. The molecule has 0 fully saturated rings. The molecule has 10 aromatic rings. The van der Waals surface area contributed by atoms with Crippen molar-refractivity contribution in [1.82, 2.24) is 4.40 Å². The third-order valence-electron chi connectivity index (χ3n) is 10.3. The molecular weight excluding hydrogens is 597 g/mol. The van der Waals surface area contributed by atoms with Crippen LogP contribution in [0.15, 0.2) is 156 Å². The van der Waals surface area contributed by atoms with Crippen LogP contribution < -0.4 is 4.90 Å². The molecule has 0 spiro atoms. The van der Waals surface area contributed by atoms with Crippen LogP contribution in [0.25, 0.3) is 71.2 Å². The molecule has 10 rings (SSSR count). The van der Waals surface area contributed by atoms with E-state index in [1.807, 2.05) is 6.07 Å². The molecule has 0 saturated heterocycles. The largest absolute Gasteiger partial charge is 0.454 e. The Bertz CT molecular complexity index is 2770. The van der Waals surface area contributed by atoms with E-state index >= 15 is 0 Å². The van der Waals surface area contributed by atoms with Crippen molar-refractivity contribution in [2.24, 2.45) is 0 Å². The summed E-state index contributed by atoms with van der Waals surface area (Å²) in [4.78, 5) is 2.43. The Morgan fingerprint density at radius 1 is 0.510 bits per heavy atom. The van der Waals surface area contributed by atoms with Gasteiger partial charge in [0.25, 0.3) is 0 Å². The molecule has 0 aliphatic carbocycles. The van der Waals surface area contributed by atoms with E-state index < -0.39 is 0 Å². The summed E-state index contributed by atoms with van der Waals surface area (Å²) in [7, 11) is 0. The maximum Gasteiger partial charge on any atom is 0.160 e. The smallest absolute Gasteiger partial charge is 0.160 e. The standard InChI is InChI=1S/C46H34N2O/c1-46(2,3)30-21-23-31(24-22-30)47(44-33(29-13-5-4-6-14-29)25-26-37-36-17-9-12-20-42(36)49-45(37)44)32-27-38-34-15-7-10-18-40(34)48-41-19-11-8-16-35(41)39(28-32)43(38)48/h4-28H,1-3H3. The van der Waals surface area contributed by atoms with Gasteiger partial charge in [0, 0.05) is 49.3 Å². The van der Waals surface area contributed by atoms with Crippen molar-refractivity contribution in [3.63, 3.8) is 0 Å². The lowest BCUT2D eigenvalue weighted by Crippen LogP contribution is -2.14. The van der Waals surface area contributed by atoms with Gasteiger partial charge in [-0.2, -0.15) is 0 Å². The van der Waals surface area contributed by atoms with Crippen molar-refractivity contribution in [1.29, 1.82) is 0 Å². The van der Waals surface area contributed by atoms with Crippen LogP contribution in [0, 0.1) is 0 Å². The van der Waals surface area contributed by atoms with Crippen LogP contribution in [0.2, 0.25) is 0 Å². The van der Waals surface area contributed by atoms with E-state index in [1.54, 1.807) is 0 Å². The molecule has 3 heterocycles. The summed E-state index contributed by atoms with van der Waals surface area (Å²) in [5.41, 5.74) is 12.3. The summed E-state index contributed by atoms with van der Waals surface area (Å²) in [6.45, 7) is 6.81. The molecule has 0 bridgehead atoms. The van der Waals surface area contributed by atoms with Gasteiger partial charge in [0.2, 0.25) is 0 Å². The zero-order valence-electron chi connectivity index (χ0n) is 27.7. The third kappa shape index (κ3) is 4.09. The number of nitrogens with zero attached hydrogens (tertiary/aromatic N) is 2. The minimum atomic E-state index is 0.0354. The second kappa shape index (κ2) is 10.2. The highest BCUT2D eigenvalue weighted by Crippen LogP contribution is 2.50. The lowest BCUT2D eigenvalue weighted by Gasteiger charge is -2.29. The summed E-state index contributed by atoms with van der Waals surface area (Å²) in [5.74, 6) is 0. The van der Waals surface area contributed by atoms with Gasteiger partial charge in [-0.05, 0) is 65.1 Å². The summed E-state index contributed by atoms with van der Waals surface area (Å²) in [5, 5.41) is 7.22. The highest BCUT2D eigenvalue weighted by atomic mass is 16.3. The number of furan rings is 1. The fraction of sp³-hybridized carbons (Fsp3) is 0.0870. The van der Waals surface area contributed by atoms with E-state index in [4.69, 9.17) is 4.42 Å². The first-order valence-electron chi connectivity index (χ1n) is 17.0. The third-order valence-corrected chi connectivity index (χ3v) is 10.3. The van der Waals surface area contributed by atoms with Crippen molar-refractivity contribution in [3.05, 3.63) is 157 Å². The van der Waals surface area contributed by atoms with E-state index in [2.05, 4.69) is 176 Å². The van der Waals surface area contributed by atoms with Crippen LogP contribution in [0.4, 0.5) is 17.1 Å². The highest BCUT2D eigenvalue weighted by molar-refractivity contribution is 6.25. The monoisotopic (exact) mass is 630 g/mol. The van der Waals surface area contributed by atoms with Gasteiger partial charge >= 0.3 is 0 Å². The van der Waals surface area contributed by atoms with Crippen LogP contribution in [-0.2, 0) is 5.41 Å². The Kier molecular flexibility index (Phi) is 5.84. The number of hydrogen-bond donors (Lipinski definition) is 0. The zero-order chi connectivity index (χ0) is 32.9. The molecule has 0 aliphatic heterocycles. The first-order chi connectivity index (χ1) is 24.0. The average Bonchev–Trinajstić information content (AvgIpc) is 3.79. The van der Waals surface area contributed by atoms with Crippen LogP contribution in [-0.4, -0.2) is 4.40 Å². The van der Waals surface area contributed by atoms with E-state index in [1.165, 1.54) is 43.7 Å². The van der Waals surface area contributed by atoms with Gasteiger partial charge in [-0.3, -0.25) is 0 Å². The van der Waals surface area contributed by atoms with Crippen molar-refractivity contribution >= 4 is 77.1 Å². The van der Waals surface area contributed by atoms with Crippen LogP contribution in [0.1, 0.15) is 26.3 Å². The van der Waals surface area contributed by atoms with Gasteiger partial charge < -0.3 is 13.7 Å². The number of rotatable bonds is 4. The quantitative estimate of drug-likeness (QED) is 0.193. The zero-order valence-corrected chi connectivity index (χ0v) is 27.7. The Morgan fingerprint density at radius 3 is 1.76 bits per heavy atom. The molecule has 0 amide bonds. The molecule has 3 aromatic heterocycles. The first kappa shape index (κ1) is 28.0. The van der Waals surface area contributed by atoms with Crippen molar-refractivity contribution in [3.8, 4) is 11.1 Å². The maximum atomic E-state index is 6.87. The second-order valence-electron chi connectivity index (χ2n) is 14.2. The minimum absolute atomic E-state index is 0.0354. The van der Waals surface area contributed by atoms with E-state index in [-0.39, 0.29) is 5.41 Å². The first-order valence-corrected chi connectivity index (χ1v) is 17.0. The van der Waals surface area contributed by atoms with Gasteiger partial charge in [0.1, 0.15) is 5.58 Å². The fourth-order valence-electron chi connectivity index (χ4n) is 7.93. The molecule has 3 nitrogen and oxygen atoms in total. The summed E-state index contributed by atoms with van der Waals surface area (Å²) in [6.07, 6.45) is 0. The van der Waals surface area contributed by atoms with Gasteiger partial charge in [-0.1, -0.05) is 124 Å². The highest BCUT2D eigenvalue weighted by Gasteiger charge is 2.27. The fourth-order valence-corrected chi connectivity index (χ4v) is 7.93. The number of anilines is 3. The molecule has 0 atom stereocenters. The van der Waals surface area contributed by atoms with Crippen LogP contribution in [0.5, 0.6) is 0 Å². The molecule has 7 aromatic carbocycles. The molecule has 0 unspecified atom stereocenters. The lowest BCUT2D eigenvalue weighted by atomic mass is 9.87. The normalized spacial score (nSPS) is 12.4. The van der Waals surface area contributed by atoms with Crippen LogP contribution >= 0.6 is 0 Å². The molecule has 49 heavy (non-hydrogen) atoms. The Morgan fingerprint density at radius 2 is 1.10 bits per heavy atom. The van der Waals surface area contributed by atoms with Gasteiger partial charge in [-0.25, -0.2) is 0 Å². The van der Waals surface area contributed by atoms with Crippen molar-refractivity contribution < 1.29 is 4.42 Å². The number of aromatic nitrogens is 1. The Labute approximate surface area is 284 Å². The van der Waals surface area contributed by atoms with E-state index in [0.717, 1.165) is 50.1 Å². The van der Waals surface area contributed by atoms with Crippen molar-refractivity contribution in [2.75, 3.05) is 4.90 Å². The predicted molar refractivity (Wildman–Crippen MR) is 207 cm³/mol. The lowest BCUT2D eigenvalue weighted by molar-refractivity contribution is 0.590. The number of benzene rings is 7. The van der Waals surface area contributed by atoms with Gasteiger partial charge in [0.15, 0.2) is 5.58 Å². The van der Waals surface area contributed by atoms with E-state index in [0.29, 0.717) is 0 Å². The molecule has 0 saturated carbocycles. The molecule has 3 heteroatoms. The average molecular weight is 631 g/mol. The summed E-state index contributed by atoms with van der Waals surface area (Å²) >= 11 is 0. The molecule has 0 N–H and O–H groups in total. The minimum Gasteiger partial charge on any atom is -0.454 e. The number of hydrogen-bond acceptors (Lipinski definition) is 2. The SMILES string of the molecule is CC(C)(C)c1ccc(N(c2cc3c4ccccc4n4c5ccccc5c(c2)c34)c2c(-c3ccccc3)ccc3c2oc2ccccc23)cc1. The van der Waals surface area contributed by atoms with Crippen molar-refractivity contribution in [2.45, 2.75) is 26.2 Å². The predicted octanol–water partition coefficient (Wildman–Crippen LogP) is 13.2. The summed E-state index contributed by atoms with van der Waals surface area (Å²) in [6, 6.07) is 55.0. The van der Waals surface area contributed by atoms with Crippen LogP contribution in [0.3, 0.4) is 0 Å². The second-order valence-corrected chi connectivity index (χ2v) is 14.2. The molecule has 0 aliphatic rings.